The maximum absolute atomic E-state index is 8.48. The van der Waals surface area contributed by atoms with Crippen LogP contribution in [-0.4, -0.2) is 9.55 Å². The second-order valence-electron chi connectivity index (χ2n) is 8.83. The number of hydrogen-bond donors (Lipinski definition) is 0. The van der Waals surface area contributed by atoms with E-state index in [2.05, 4.69) is 47.0 Å². The largest absolute Gasteiger partial charge is 0.464 e. The topological polar surface area (TPSA) is 31.0 Å². The van der Waals surface area contributed by atoms with Crippen LogP contribution in [0.2, 0.25) is 0 Å². The Bertz CT molecular complexity index is 1680. The summed E-state index contributed by atoms with van der Waals surface area (Å²) in [5.74, 6) is 0.648. The average molecular weight is 445 g/mol. The van der Waals surface area contributed by atoms with Crippen molar-refractivity contribution in [2.75, 3.05) is 0 Å². The van der Waals surface area contributed by atoms with Crippen molar-refractivity contribution in [1.29, 1.82) is 0 Å². The Labute approximate surface area is 202 Å². The first-order chi connectivity index (χ1) is 17.4. The van der Waals surface area contributed by atoms with Gasteiger partial charge in [0.2, 0.25) is 0 Å². The van der Waals surface area contributed by atoms with Crippen molar-refractivity contribution in [3.05, 3.63) is 109 Å². The van der Waals surface area contributed by atoms with Gasteiger partial charge in [-0.3, -0.25) is 4.57 Å². The second-order valence-corrected chi connectivity index (χ2v) is 8.83. The first-order valence-electron chi connectivity index (χ1n) is 12.6. The van der Waals surface area contributed by atoms with Crippen molar-refractivity contribution in [2.45, 2.75) is 20.2 Å². The summed E-state index contributed by atoms with van der Waals surface area (Å²) < 4.78 is 25.1. The maximum Gasteiger partial charge on any atom is 0.149 e. The molecular formula is C31H26N2O. The quantitative estimate of drug-likeness (QED) is 0.268. The Balaban J connectivity index is 1.50. The first-order valence-corrected chi connectivity index (χ1v) is 11.6. The third-order valence-corrected chi connectivity index (χ3v) is 6.07. The summed E-state index contributed by atoms with van der Waals surface area (Å²) in [4.78, 5) is 4.99. The van der Waals surface area contributed by atoms with Gasteiger partial charge in [0.05, 0.1) is 16.6 Å². The summed E-state index contributed by atoms with van der Waals surface area (Å²) in [6.07, 6.45) is 0.296. The number of para-hydroxylation sites is 2. The summed E-state index contributed by atoms with van der Waals surface area (Å²) in [7, 11) is 0. The van der Waals surface area contributed by atoms with Crippen LogP contribution in [0, 0.1) is 5.92 Å². The number of aromatic nitrogens is 2. The van der Waals surface area contributed by atoms with Gasteiger partial charge in [0.25, 0.3) is 0 Å². The van der Waals surface area contributed by atoms with E-state index in [9.17, 15) is 0 Å². The monoisotopic (exact) mass is 444 g/mol. The molecule has 0 atom stereocenters. The lowest BCUT2D eigenvalue weighted by molar-refractivity contribution is 0.613. The minimum Gasteiger partial charge on any atom is -0.464 e. The van der Waals surface area contributed by atoms with E-state index < -0.39 is 6.37 Å². The van der Waals surface area contributed by atoms with E-state index in [1.54, 1.807) is 6.26 Å². The molecule has 0 saturated heterocycles. The molecule has 0 aliphatic heterocycles. The van der Waals surface area contributed by atoms with Gasteiger partial charge >= 0.3 is 0 Å². The number of rotatable bonds is 5. The van der Waals surface area contributed by atoms with Gasteiger partial charge in [-0.15, -0.1) is 0 Å². The normalized spacial score (nSPS) is 12.9. The number of fused-ring (bicyclic) bond motifs is 2. The van der Waals surface area contributed by atoms with Crippen molar-refractivity contribution in [2.24, 2.45) is 5.92 Å². The molecule has 3 nitrogen and oxygen atoms in total. The highest BCUT2D eigenvalue weighted by Crippen LogP contribution is 2.35. The molecule has 2 aromatic heterocycles. The number of imidazole rings is 1. The minimum atomic E-state index is -1.44. The molecule has 0 amide bonds. The van der Waals surface area contributed by atoms with Crippen LogP contribution in [0.5, 0.6) is 0 Å². The fourth-order valence-electron chi connectivity index (χ4n) is 4.53. The molecule has 2 heterocycles. The number of benzene rings is 4. The molecule has 0 aliphatic carbocycles. The zero-order valence-corrected chi connectivity index (χ0v) is 19.2. The van der Waals surface area contributed by atoms with Crippen molar-refractivity contribution in [3.8, 4) is 28.2 Å². The van der Waals surface area contributed by atoms with Gasteiger partial charge in [0.15, 0.2) is 0 Å². The fraction of sp³-hybridized carbons (Fsp3) is 0.129. The highest BCUT2D eigenvalue weighted by atomic mass is 16.3. The van der Waals surface area contributed by atoms with E-state index in [0.29, 0.717) is 11.1 Å². The summed E-state index contributed by atoms with van der Waals surface area (Å²) in [5.41, 5.74) is 7.43. The van der Waals surface area contributed by atoms with E-state index in [0.717, 1.165) is 39.1 Å². The summed E-state index contributed by atoms with van der Waals surface area (Å²) in [5, 5.41) is 0.913. The van der Waals surface area contributed by atoms with Crippen molar-refractivity contribution >= 4 is 22.0 Å². The lowest BCUT2D eigenvalue weighted by Gasteiger charge is -2.10. The molecule has 0 saturated carbocycles. The predicted molar refractivity (Wildman–Crippen MR) is 140 cm³/mol. The highest BCUT2D eigenvalue weighted by Gasteiger charge is 2.18. The molecule has 4 aromatic carbocycles. The molecular weight excluding hydrogens is 416 g/mol. The Morgan fingerprint density at radius 2 is 1.59 bits per heavy atom. The zero-order chi connectivity index (χ0) is 24.9. The van der Waals surface area contributed by atoms with Crippen molar-refractivity contribution < 1.29 is 7.16 Å². The Morgan fingerprint density at radius 3 is 2.38 bits per heavy atom. The van der Waals surface area contributed by atoms with Crippen LogP contribution in [0.4, 0.5) is 0 Å². The van der Waals surface area contributed by atoms with Crippen LogP contribution in [0.15, 0.2) is 108 Å². The van der Waals surface area contributed by atoms with E-state index in [-0.39, 0.29) is 5.92 Å². The van der Waals surface area contributed by atoms with Gasteiger partial charge in [-0.05, 0) is 59.3 Å². The van der Waals surface area contributed by atoms with Crippen LogP contribution in [0.3, 0.4) is 0 Å². The smallest absolute Gasteiger partial charge is 0.149 e. The summed E-state index contributed by atoms with van der Waals surface area (Å²) >= 11 is 0. The number of furan rings is 1. The molecule has 0 fully saturated rings. The number of hydrogen-bond acceptors (Lipinski definition) is 2. The second kappa shape index (κ2) is 8.35. The molecule has 0 N–H and O–H groups in total. The van der Waals surface area contributed by atoms with Gasteiger partial charge in [0, 0.05) is 13.8 Å². The van der Waals surface area contributed by atoms with Crippen molar-refractivity contribution in [1.82, 2.24) is 9.55 Å². The van der Waals surface area contributed by atoms with Gasteiger partial charge in [-0.2, -0.15) is 0 Å². The molecule has 0 bridgehead atoms. The minimum absolute atomic E-state index is 0.146. The summed E-state index contributed by atoms with van der Waals surface area (Å²) in [6, 6.07) is 32.6. The molecule has 6 rings (SSSR count). The van der Waals surface area contributed by atoms with Gasteiger partial charge < -0.3 is 4.42 Å². The van der Waals surface area contributed by atoms with E-state index in [4.69, 9.17) is 12.1 Å². The molecule has 166 valence electrons. The maximum atomic E-state index is 8.48. The Morgan fingerprint density at radius 1 is 0.853 bits per heavy atom. The van der Waals surface area contributed by atoms with E-state index >= 15 is 0 Å². The third-order valence-electron chi connectivity index (χ3n) is 6.07. The fourth-order valence-corrected chi connectivity index (χ4v) is 4.53. The first kappa shape index (κ1) is 18.3. The van der Waals surface area contributed by atoms with E-state index in [1.807, 2.05) is 68.4 Å². The average Bonchev–Trinajstić information content (AvgIpc) is 3.50. The van der Waals surface area contributed by atoms with Crippen LogP contribution in [-0.2, 0) is 6.37 Å². The standard InChI is InChI=1S/C31H26N2O/c1-21(2)18-22-12-17-26-27(20-34-30(26)19-22)31-32-28-10-6-7-11-29(28)33(31)25-15-13-24(14-16-25)23-8-4-3-5-9-23/h3-17,19-21H,18H2,1-2H3/i18D2. The Kier molecular flexibility index (Phi) is 4.50. The van der Waals surface area contributed by atoms with Crippen LogP contribution in [0.25, 0.3) is 50.2 Å². The van der Waals surface area contributed by atoms with Gasteiger partial charge in [-0.1, -0.05) is 80.6 Å². The lowest BCUT2D eigenvalue weighted by Crippen LogP contribution is -1.97. The summed E-state index contributed by atoms with van der Waals surface area (Å²) in [6.45, 7) is 3.78. The lowest BCUT2D eigenvalue weighted by atomic mass is 10.0. The van der Waals surface area contributed by atoms with Gasteiger partial charge in [0.1, 0.15) is 17.7 Å². The molecule has 6 aromatic rings. The third kappa shape index (κ3) is 3.60. The zero-order valence-electron chi connectivity index (χ0n) is 21.2. The van der Waals surface area contributed by atoms with E-state index in [1.165, 1.54) is 5.56 Å². The molecule has 3 heteroatoms. The number of nitrogens with zero attached hydrogens (tertiary/aromatic N) is 2. The van der Waals surface area contributed by atoms with Crippen LogP contribution < -0.4 is 0 Å². The predicted octanol–water partition coefficient (Wildman–Crippen LogP) is 8.30. The SMILES string of the molecule is [2H]C([2H])(c1ccc2c(-c3nc4ccccc4n3-c3ccc(-c4ccccc4)cc3)coc2c1)C(C)C. The molecule has 0 radical (unpaired) electrons. The Hall–Kier alpha value is -4.11. The molecule has 0 aliphatic rings. The van der Waals surface area contributed by atoms with Crippen LogP contribution >= 0.6 is 0 Å². The van der Waals surface area contributed by atoms with Crippen molar-refractivity contribution in [3.63, 3.8) is 0 Å². The van der Waals surface area contributed by atoms with Gasteiger partial charge in [-0.25, -0.2) is 4.98 Å². The molecule has 0 spiro atoms. The molecule has 34 heavy (non-hydrogen) atoms. The van der Waals surface area contributed by atoms with Crippen LogP contribution in [0.1, 0.15) is 22.2 Å². The highest BCUT2D eigenvalue weighted by molar-refractivity contribution is 5.95. The molecule has 0 unspecified atom stereocenters.